The van der Waals surface area contributed by atoms with E-state index in [1.54, 1.807) is 11.3 Å². The molecular formula is C14H15BrClNOS. The summed E-state index contributed by atoms with van der Waals surface area (Å²) in [5.74, 6) is 0. The number of hydrogen-bond acceptors (Lipinski definition) is 3. The standard InChI is InChI=1S/C14H15BrClNOS/c1-9(17)14(12-6-7-13(15)19-12)18-8-10-2-4-11(16)5-3-10/h2-7,9,14H,8,17H2,1H3. The van der Waals surface area contributed by atoms with Crippen molar-refractivity contribution in [3.05, 3.63) is 55.6 Å². The van der Waals surface area contributed by atoms with Crippen molar-refractivity contribution < 1.29 is 4.74 Å². The Hall–Kier alpha value is -0.390. The maximum Gasteiger partial charge on any atom is 0.107 e. The minimum Gasteiger partial charge on any atom is -0.366 e. The molecule has 0 spiro atoms. The lowest BCUT2D eigenvalue weighted by molar-refractivity contribution is 0.0282. The van der Waals surface area contributed by atoms with E-state index in [-0.39, 0.29) is 12.1 Å². The zero-order valence-electron chi connectivity index (χ0n) is 10.5. The van der Waals surface area contributed by atoms with Crippen LogP contribution >= 0.6 is 38.9 Å². The summed E-state index contributed by atoms with van der Waals surface area (Å²) in [6, 6.07) is 11.7. The molecule has 5 heteroatoms. The fourth-order valence-electron chi connectivity index (χ4n) is 1.74. The van der Waals surface area contributed by atoms with E-state index in [2.05, 4.69) is 15.9 Å². The highest BCUT2D eigenvalue weighted by Crippen LogP contribution is 2.31. The maximum atomic E-state index is 6.01. The Balaban J connectivity index is 2.03. The highest BCUT2D eigenvalue weighted by atomic mass is 79.9. The third kappa shape index (κ3) is 4.29. The van der Waals surface area contributed by atoms with E-state index in [0.717, 1.165) is 19.2 Å². The Morgan fingerprint density at radius 3 is 2.47 bits per heavy atom. The molecule has 0 amide bonds. The molecule has 19 heavy (non-hydrogen) atoms. The zero-order valence-corrected chi connectivity index (χ0v) is 13.6. The maximum absolute atomic E-state index is 6.01. The molecule has 0 aliphatic heterocycles. The van der Waals surface area contributed by atoms with Crippen molar-refractivity contribution in [2.45, 2.75) is 25.7 Å². The summed E-state index contributed by atoms with van der Waals surface area (Å²) in [5, 5.41) is 0.731. The van der Waals surface area contributed by atoms with Crippen LogP contribution in [0.5, 0.6) is 0 Å². The monoisotopic (exact) mass is 359 g/mol. The second-order valence-electron chi connectivity index (χ2n) is 4.36. The van der Waals surface area contributed by atoms with Crippen LogP contribution in [0, 0.1) is 0 Å². The van der Waals surface area contributed by atoms with Crippen molar-refractivity contribution in [2.75, 3.05) is 0 Å². The quantitative estimate of drug-likeness (QED) is 0.833. The number of benzene rings is 1. The van der Waals surface area contributed by atoms with E-state index in [1.165, 1.54) is 0 Å². The van der Waals surface area contributed by atoms with Gasteiger partial charge in [0, 0.05) is 15.9 Å². The molecule has 1 aromatic heterocycles. The molecule has 0 saturated carbocycles. The molecule has 0 bridgehead atoms. The molecule has 2 nitrogen and oxygen atoms in total. The summed E-state index contributed by atoms with van der Waals surface area (Å²) in [6.45, 7) is 2.49. The minimum absolute atomic E-state index is 0.0575. The fourth-order valence-corrected chi connectivity index (χ4v) is 3.46. The molecule has 1 aromatic carbocycles. The van der Waals surface area contributed by atoms with Crippen LogP contribution < -0.4 is 5.73 Å². The highest BCUT2D eigenvalue weighted by Gasteiger charge is 2.18. The highest BCUT2D eigenvalue weighted by molar-refractivity contribution is 9.11. The van der Waals surface area contributed by atoms with Gasteiger partial charge in [0.15, 0.2) is 0 Å². The van der Waals surface area contributed by atoms with E-state index in [4.69, 9.17) is 22.1 Å². The van der Waals surface area contributed by atoms with E-state index < -0.39 is 0 Å². The summed E-state index contributed by atoms with van der Waals surface area (Å²) in [7, 11) is 0. The number of thiophene rings is 1. The van der Waals surface area contributed by atoms with Gasteiger partial charge in [-0.3, -0.25) is 0 Å². The molecule has 2 N–H and O–H groups in total. The smallest absolute Gasteiger partial charge is 0.107 e. The molecule has 0 saturated heterocycles. The predicted octanol–water partition coefficient (Wildman–Crippen LogP) is 4.77. The molecule has 2 unspecified atom stereocenters. The molecule has 102 valence electrons. The number of rotatable bonds is 5. The van der Waals surface area contributed by atoms with Crippen molar-refractivity contribution in [3.8, 4) is 0 Å². The second kappa shape index (κ2) is 6.86. The summed E-state index contributed by atoms with van der Waals surface area (Å²) >= 11 is 11.0. The minimum atomic E-state index is -0.0908. The second-order valence-corrected chi connectivity index (χ2v) is 7.29. The third-order valence-electron chi connectivity index (χ3n) is 2.69. The van der Waals surface area contributed by atoms with E-state index in [1.807, 2.05) is 43.3 Å². The first-order valence-corrected chi connectivity index (χ1v) is 7.92. The lowest BCUT2D eigenvalue weighted by Gasteiger charge is -2.20. The molecule has 2 aromatic rings. The lowest BCUT2D eigenvalue weighted by Crippen LogP contribution is -2.26. The van der Waals surface area contributed by atoms with Crippen molar-refractivity contribution in [1.29, 1.82) is 0 Å². The zero-order chi connectivity index (χ0) is 13.8. The van der Waals surface area contributed by atoms with Gasteiger partial charge in [-0.25, -0.2) is 0 Å². The molecule has 0 fully saturated rings. The van der Waals surface area contributed by atoms with Gasteiger partial charge < -0.3 is 10.5 Å². The Bertz CT molecular complexity index is 526. The Labute approximate surface area is 130 Å². The van der Waals surface area contributed by atoms with Gasteiger partial charge in [-0.05, 0) is 52.7 Å². The summed E-state index contributed by atoms with van der Waals surface area (Å²) < 4.78 is 7.04. The van der Waals surface area contributed by atoms with Gasteiger partial charge in [0.1, 0.15) is 6.10 Å². The largest absolute Gasteiger partial charge is 0.366 e. The van der Waals surface area contributed by atoms with E-state index in [0.29, 0.717) is 6.61 Å². The van der Waals surface area contributed by atoms with Crippen LogP contribution in [0.2, 0.25) is 5.02 Å². The van der Waals surface area contributed by atoms with Gasteiger partial charge in [-0.2, -0.15) is 0 Å². The van der Waals surface area contributed by atoms with E-state index in [9.17, 15) is 0 Å². The topological polar surface area (TPSA) is 35.2 Å². The number of nitrogens with two attached hydrogens (primary N) is 1. The first kappa shape index (κ1) is 15.0. The van der Waals surface area contributed by atoms with Crippen molar-refractivity contribution in [1.82, 2.24) is 0 Å². The Kier molecular flexibility index (Phi) is 5.42. The third-order valence-corrected chi connectivity index (χ3v) is 4.63. The number of halogens is 2. The lowest BCUT2D eigenvalue weighted by atomic mass is 10.1. The van der Waals surface area contributed by atoms with Crippen LogP contribution in [-0.2, 0) is 11.3 Å². The SMILES string of the molecule is CC(N)C(OCc1ccc(Cl)cc1)c1ccc(Br)s1. The summed E-state index contributed by atoms with van der Waals surface area (Å²) in [5.41, 5.74) is 7.10. The average molecular weight is 361 g/mol. The normalized spacial score (nSPS) is 14.3. The molecular weight excluding hydrogens is 346 g/mol. The number of hydrogen-bond donors (Lipinski definition) is 1. The molecule has 0 radical (unpaired) electrons. The van der Waals surface area contributed by atoms with Crippen LogP contribution in [0.15, 0.2) is 40.2 Å². The number of ether oxygens (including phenoxy) is 1. The van der Waals surface area contributed by atoms with Crippen LogP contribution in [0.1, 0.15) is 23.5 Å². The van der Waals surface area contributed by atoms with Gasteiger partial charge in [-0.1, -0.05) is 23.7 Å². The Morgan fingerprint density at radius 2 is 1.95 bits per heavy atom. The van der Waals surface area contributed by atoms with Crippen LogP contribution in [0.4, 0.5) is 0 Å². The molecule has 2 rings (SSSR count). The average Bonchev–Trinajstić information content (AvgIpc) is 2.78. The molecule has 2 atom stereocenters. The van der Waals surface area contributed by atoms with Gasteiger partial charge >= 0.3 is 0 Å². The van der Waals surface area contributed by atoms with Crippen LogP contribution in [-0.4, -0.2) is 6.04 Å². The van der Waals surface area contributed by atoms with Gasteiger partial charge in [-0.15, -0.1) is 11.3 Å². The summed E-state index contributed by atoms with van der Waals surface area (Å²) in [4.78, 5) is 1.14. The first-order valence-electron chi connectivity index (χ1n) is 5.93. The fraction of sp³-hybridized carbons (Fsp3) is 0.286. The van der Waals surface area contributed by atoms with Crippen LogP contribution in [0.3, 0.4) is 0 Å². The predicted molar refractivity (Wildman–Crippen MR) is 84.7 cm³/mol. The van der Waals surface area contributed by atoms with Gasteiger partial charge in [0.05, 0.1) is 10.4 Å². The molecule has 1 heterocycles. The molecule has 0 aliphatic rings. The summed E-state index contributed by atoms with van der Waals surface area (Å²) in [6.07, 6.45) is -0.0908. The van der Waals surface area contributed by atoms with Crippen LogP contribution in [0.25, 0.3) is 0 Å². The Morgan fingerprint density at radius 1 is 1.26 bits per heavy atom. The van der Waals surface area contributed by atoms with Crippen molar-refractivity contribution in [2.24, 2.45) is 5.73 Å². The van der Waals surface area contributed by atoms with Gasteiger partial charge in [0.2, 0.25) is 0 Å². The first-order chi connectivity index (χ1) is 9.06. The van der Waals surface area contributed by atoms with Crippen molar-refractivity contribution >= 4 is 38.9 Å². The molecule has 0 aliphatic carbocycles. The van der Waals surface area contributed by atoms with E-state index >= 15 is 0 Å². The van der Waals surface area contributed by atoms with Crippen molar-refractivity contribution in [3.63, 3.8) is 0 Å². The van der Waals surface area contributed by atoms with Gasteiger partial charge in [0.25, 0.3) is 0 Å².